The van der Waals surface area contributed by atoms with Gasteiger partial charge in [0.15, 0.2) is 11.2 Å². The Morgan fingerprint density at radius 3 is 2.45 bits per heavy atom. The minimum absolute atomic E-state index is 0. The van der Waals surface area contributed by atoms with Gasteiger partial charge in [-0.15, -0.1) is 12.4 Å². The van der Waals surface area contributed by atoms with Crippen LogP contribution in [0.3, 0.4) is 0 Å². The Morgan fingerprint density at radius 1 is 1.09 bits per heavy atom. The summed E-state index contributed by atoms with van der Waals surface area (Å²) < 4.78 is 0. The van der Waals surface area contributed by atoms with Crippen molar-refractivity contribution in [3.63, 3.8) is 0 Å². The van der Waals surface area contributed by atoms with Crippen molar-refractivity contribution in [1.29, 1.82) is 5.41 Å². The molecule has 6 heteroatoms. The SMILES string of the molecule is CS[s+]1cc(Nc2ccc3ccccc3c2)cc1C(=N)N.Cl. The van der Waals surface area contributed by atoms with E-state index in [2.05, 4.69) is 41.0 Å². The van der Waals surface area contributed by atoms with Crippen LogP contribution in [0.1, 0.15) is 4.88 Å². The molecule has 22 heavy (non-hydrogen) atoms. The summed E-state index contributed by atoms with van der Waals surface area (Å²) in [7, 11) is 1.58. The quantitative estimate of drug-likeness (QED) is 0.263. The Bertz CT molecular complexity index is 814. The fourth-order valence-electron chi connectivity index (χ4n) is 2.24. The lowest BCUT2D eigenvalue weighted by Crippen LogP contribution is -2.09. The van der Waals surface area contributed by atoms with E-state index in [1.807, 2.05) is 24.5 Å². The van der Waals surface area contributed by atoms with Crippen molar-refractivity contribution in [2.75, 3.05) is 11.6 Å². The molecule has 0 saturated carbocycles. The number of hydrogen-bond acceptors (Lipinski definition) is 3. The van der Waals surface area contributed by atoms with Crippen molar-refractivity contribution in [2.45, 2.75) is 0 Å². The number of nitrogens with one attached hydrogen (secondary N) is 2. The van der Waals surface area contributed by atoms with Gasteiger partial charge < -0.3 is 11.1 Å². The molecule has 4 N–H and O–H groups in total. The fourth-order valence-corrected chi connectivity index (χ4v) is 5.01. The summed E-state index contributed by atoms with van der Waals surface area (Å²) in [5, 5.41) is 15.6. The molecule has 1 unspecified atom stereocenters. The molecule has 0 aliphatic carbocycles. The molecule has 1 heterocycles. The number of nitrogens with two attached hydrogens (primary N) is 1. The third-order valence-corrected chi connectivity index (χ3v) is 6.72. The maximum atomic E-state index is 7.64. The molecule has 0 spiro atoms. The van der Waals surface area contributed by atoms with Crippen LogP contribution >= 0.6 is 32.7 Å². The second-order valence-electron chi connectivity index (χ2n) is 4.65. The number of thiophene rings is 1. The van der Waals surface area contributed by atoms with E-state index in [0.717, 1.165) is 16.3 Å². The Balaban J connectivity index is 0.00000176. The molecule has 0 radical (unpaired) electrons. The lowest BCUT2D eigenvalue weighted by atomic mass is 10.1. The van der Waals surface area contributed by atoms with Gasteiger partial charge >= 0.3 is 0 Å². The Labute approximate surface area is 142 Å². The molecule has 0 aliphatic heterocycles. The molecule has 0 amide bonds. The molecule has 0 aliphatic rings. The second kappa shape index (κ2) is 7.05. The van der Waals surface area contributed by atoms with E-state index in [9.17, 15) is 0 Å². The maximum absolute atomic E-state index is 7.64. The lowest BCUT2D eigenvalue weighted by molar-refractivity contribution is 1.45. The molecule has 1 atom stereocenters. The molecule has 2 aromatic carbocycles. The largest absolute Gasteiger partial charge is 0.380 e. The average Bonchev–Trinajstić information content (AvgIpc) is 2.90. The highest BCUT2D eigenvalue weighted by Crippen LogP contribution is 2.40. The Kier molecular flexibility index (Phi) is 5.34. The van der Waals surface area contributed by atoms with Gasteiger partial charge in [-0.05, 0) is 22.9 Å². The molecule has 3 rings (SSSR count). The normalized spacial score (nSPS) is 11.0. The first kappa shape index (κ1) is 16.7. The fraction of sp³-hybridized carbons (Fsp3) is 0.0625. The average molecular weight is 351 g/mol. The smallest absolute Gasteiger partial charge is 0.230 e. The van der Waals surface area contributed by atoms with Gasteiger partial charge in [0.2, 0.25) is 4.88 Å². The van der Waals surface area contributed by atoms with Gasteiger partial charge in [0.25, 0.3) is 0 Å². The van der Waals surface area contributed by atoms with Crippen LogP contribution in [-0.2, 0) is 0 Å². The van der Waals surface area contributed by atoms with E-state index in [-0.39, 0.29) is 27.7 Å². The number of anilines is 2. The number of amidine groups is 1. The van der Waals surface area contributed by atoms with E-state index < -0.39 is 0 Å². The molecule has 0 bridgehead atoms. The van der Waals surface area contributed by atoms with Gasteiger partial charge in [-0.1, -0.05) is 30.3 Å². The van der Waals surface area contributed by atoms with Crippen LogP contribution in [0.15, 0.2) is 53.9 Å². The van der Waals surface area contributed by atoms with Crippen LogP contribution in [0.5, 0.6) is 0 Å². The van der Waals surface area contributed by atoms with Crippen molar-refractivity contribution in [1.82, 2.24) is 0 Å². The van der Waals surface area contributed by atoms with Crippen molar-refractivity contribution in [2.24, 2.45) is 5.73 Å². The minimum Gasteiger partial charge on any atom is -0.380 e. The van der Waals surface area contributed by atoms with Gasteiger partial charge in [-0.2, -0.15) is 0 Å². The Morgan fingerprint density at radius 2 is 1.82 bits per heavy atom. The number of halogens is 1. The van der Waals surface area contributed by atoms with Crippen LogP contribution in [0.4, 0.5) is 11.4 Å². The summed E-state index contributed by atoms with van der Waals surface area (Å²) in [6.07, 6.45) is 2.04. The standard InChI is InChI=1S/C16H16N3S2.ClH/c1-20-21-10-14(9-15(21)16(17)18)19-13-7-6-11-4-2-3-5-12(11)8-13;/h2-10,19H,1H3,(H3,17,18);1H/q+1;. The third-order valence-electron chi connectivity index (χ3n) is 3.22. The molecule has 3 aromatic rings. The van der Waals surface area contributed by atoms with Gasteiger partial charge in [-0.3, -0.25) is 5.41 Å². The molecule has 0 fully saturated rings. The zero-order chi connectivity index (χ0) is 14.8. The predicted molar refractivity (Wildman–Crippen MR) is 103 cm³/mol. The summed E-state index contributed by atoms with van der Waals surface area (Å²) in [6.45, 7) is 0. The molecule has 114 valence electrons. The molecule has 3 nitrogen and oxygen atoms in total. The highest BCUT2D eigenvalue weighted by molar-refractivity contribution is 8.45. The summed E-state index contributed by atoms with van der Waals surface area (Å²) in [5.74, 6) is 0.152. The monoisotopic (exact) mass is 350 g/mol. The molecular formula is C16H17ClN3S2+. The van der Waals surface area contributed by atoms with E-state index >= 15 is 0 Å². The van der Waals surface area contributed by atoms with Crippen LogP contribution in [0.25, 0.3) is 10.8 Å². The van der Waals surface area contributed by atoms with Crippen LogP contribution in [0.2, 0.25) is 0 Å². The van der Waals surface area contributed by atoms with Gasteiger partial charge in [0.05, 0.1) is 15.2 Å². The highest BCUT2D eigenvalue weighted by Gasteiger charge is 2.19. The van der Waals surface area contributed by atoms with Gasteiger partial charge in [-0.25, -0.2) is 0 Å². The first-order valence-electron chi connectivity index (χ1n) is 6.48. The Hall–Kier alpha value is -1.69. The van der Waals surface area contributed by atoms with E-state index in [0.29, 0.717) is 0 Å². The third kappa shape index (κ3) is 3.38. The van der Waals surface area contributed by atoms with Crippen molar-refractivity contribution in [3.05, 3.63) is 58.8 Å². The number of fused-ring (bicyclic) bond motifs is 1. The summed E-state index contributed by atoms with van der Waals surface area (Å²) >= 11 is 0. The van der Waals surface area contributed by atoms with Crippen LogP contribution < -0.4 is 11.1 Å². The zero-order valence-electron chi connectivity index (χ0n) is 12.0. The second-order valence-corrected chi connectivity index (χ2v) is 8.33. The maximum Gasteiger partial charge on any atom is 0.230 e. The van der Waals surface area contributed by atoms with Gasteiger partial charge in [0.1, 0.15) is 10.8 Å². The van der Waals surface area contributed by atoms with Crippen LogP contribution in [0, 0.1) is 5.41 Å². The van der Waals surface area contributed by atoms with E-state index in [1.54, 1.807) is 10.8 Å². The van der Waals surface area contributed by atoms with Gasteiger partial charge in [0, 0.05) is 18.0 Å². The highest BCUT2D eigenvalue weighted by atomic mass is 35.5. The number of hydrogen-bond donors (Lipinski definition) is 3. The summed E-state index contributed by atoms with van der Waals surface area (Å²) in [4.78, 5) is 0.894. The summed E-state index contributed by atoms with van der Waals surface area (Å²) in [6, 6.07) is 16.6. The number of benzene rings is 2. The topological polar surface area (TPSA) is 61.9 Å². The zero-order valence-corrected chi connectivity index (χ0v) is 14.4. The van der Waals surface area contributed by atoms with E-state index in [1.165, 1.54) is 10.8 Å². The van der Waals surface area contributed by atoms with Crippen LogP contribution in [-0.4, -0.2) is 12.1 Å². The number of rotatable bonds is 4. The first-order chi connectivity index (χ1) is 10.2. The van der Waals surface area contributed by atoms with Crippen molar-refractivity contribution >= 4 is 60.7 Å². The molecular weight excluding hydrogens is 334 g/mol. The predicted octanol–water partition coefficient (Wildman–Crippen LogP) is 5.16. The van der Waals surface area contributed by atoms with Crippen molar-refractivity contribution in [3.8, 4) is 0 Å². The van der Waals surface area contributed by atoms with Crippen molar-refractivity contribution < 1.29 is 0 Å². The molecule has 0 saturated heterocycles. The first-order valence-corrected chi connectivity index (χ1v) is 9.51. The van der Waals surface area contributed by atoms with E-state index in [4.69, 9.17) is 11.1 Å². The number of nitrogen functional groups attached to an aromatic ring is 1. The minimum atomic E-state index is -0.129. The molecule has 1 aromatic heterocycles. The lowest BCUT2D eigenvalue weighted by Gasteiger charge is -2.04. The summed E-state index contributed by atoms with van der Waals surface area (Å²) in [5.41, 5.74) is 7.70.